The average molecular weight is 448 g/mol. The lowest BCUT2D eigenvalue weighted by molar-refractivity contribution is -0.144. The summed E-state index contributed by atoms with van der Waals surface area (Å²) in [4.78, 5) is 24.2. The third-order valence-electron chi connectivity index (χ3n) is 5.89. The van der Waals surface area contributed by atoms with Gasteiger partial charge in [-0.1, -0.05) is 91.0 Å². The van der Waals surface area contributed by atoms with Gasteiger partial charge in [0.2, 0.25) is 0 Å². The van der Waals surface area contributed by atoms with Gasteiger partial charge < -0.3 is 15.3 Å². The van der Waals surface area contributed by atoms with E-state index in [2.05, 4.69) is 5.32 Å². The van der Waals surface area contributed by atoms with Crippen LogP contribution in [0.2, 0.25) is 0 Å². The van der Waals surface area contributed by atoms with Crippen LogP contribution >= 0.6 is 0 Å². The summed E-state index contributed by atoms with van der Waals surface area (Å²) in [6.45, 7) is -0.142. The molecule has 3 rings (SSSR count). The zero-order chi connectivity index (χ0) is 23.7. The zero-order valence-electron chi connectivity index (χ0n) is 18.3. The molecule has 0 heterocycles. The van der Waals surface area contributed by atoms with E-state index in [9.17, 15) is 19.8 Å². The summed E-state index contributed by atoms with van der Waals surface area (Å²) in [5.41, 5.74) is 1.51. The van der Waals surface area contributed by atoms with E-state index >= 15 is 0 Å². The lowest BCUT2D eigenvalue weighted by atomic mass is 9.76. The van der Waals surface area contributed by atoms with E-state index in [1.807, 2.05) is 91.0 Å². The number of nitrogens with one attached hydrogen (secondary N) is 1. The number of aliphatic carboxylic acids is 2. The van der Waals surface area contributed by atoms with Crippen molar-refractivity contribution in [3.8, 4) is 0 Å². The van der Waals surface area contributed by atoms with Crippen molar-refractivity contribution in [2.45, 2.75) is 30.8 Å². The standard InChI is InChI=1S/C27H29NO5/c29-18-10-11-20(25(30)31)19-24(26(32)33)28-27(21-12-4-1-5-13-21,22-14-6-2-7-15-22)23-16-8-3-9-17-23/h1-9,12-17,20,24,28-29H,10-11,18-19H2,(H,30,31)(H,32,33)/t20-,24+/m0/s1. The van der Waals surface area contributed by atoms with Crippen molar-refractivity contribution in [3.63, 3.8) is 0 Å². The summed E-state index contributed by atoms with van der Waals surface area (Å²) < 4.78 is 0. The minimum absolute atomic E-state index is 0.112. The smallest absolute Gasteiger partial charge is 0.320 e. The van der Waals surface area contributed by atoms with Crippen LogP contribution in [0.4, 0.5) is 0 Å². The molecule has 0 aliphatic rings. The monoisotopic (exact) mass is 447 g/mol. The van der Waals surface area contributed by atoms with E-state index in [1.165, 1.54) is 0 Å². The number of hydrogen-bond acceptors (Lipinski definition) is 4. The van der Waals surface area contributed by atoms with Crippen LogP contribution in [0.1, 0.15) is 36.0 Å². The Labute approximate surface area is 193 Å². The van der Waals surface area contributed by atoms with Gasteiger partial charge in [0.25, 0.3) is 0 Å². The maximum Gasteiger partial charge on any atom is 0.320 e. The van der Waals surface area contributed by atoms with Crippen LogP contribution < -0.4 is 5.32 Å². The minimum atomic E-state index is -1.15. The molecule has 6 nitrogen and oxygen atoms in total. The molecule has 3 aromatic rings. The predicted molar refractivity (Wildman–Crippen MR) is 126 cm³/mol. The van der Waals surface area contributed by atoms with Gasteiger partial charge in [-0.05, 0) is 36.0 Å². The Bertz CT molecular complexity index is 927. The van der Waals surface area contributed by atoms with Crippen LogP contribution in [0.25, 0.3) is 0 Å². The molecular weight excluding hydrogens is 418 g/mol. The number of rotatable bonds is 12. The summed E-state index contributed by atoms with van der Waals surface area (Å²) in [7, 11) is 0. The second-order valence-corrected chi connectivity index (χ2v) is 8.02. The van der Waals surface area contributed by atoms with Crippen LogP contribution in [0.3, 0.4) is 0 Å². The summed E-state index contributed by atoms with van der Waals surface area (Å²) in [5.74, 6) is -3.09. The van der Waals surface area contributed by atoms with Crippen LogP contribution in [0.5, 0.6) is 0 Å². The summed E-state index contributed by atoms with van der Waals surface area (Å²) in [6, 6.07) is 27.5. The number of aliphatic hydroxyl groups excluding tert-OH is 1. The highest BCUT2D eigenvalue weighted by molar-refractivity contribution is 5.76. The topological polar surface area (TPSA) is 107 Å². The Kier molecular flexibility index (Phi) is 8.35. The van der Waals surface area contributed by atoms with Crippen molar-refractivity contribution in [1.82, 2.24) is 5.32 Å². The fourth-order valence-electron chi connectivity index (χ4n) is 4.26. The van der Waals surface area contributed by atoms with Crippen LogP contribution in [0.15, 0.2) is 91.0 Å². The third-order valence-corrected chi connectivity index (χ3v) is 5.89. The number of aliphatic hydroxyl groups is 1. The van der Waals surface area contributed by atoms with Gasteiger partial charge in [-0.3, -0.25) is 14.9 Å². The molecule has 2 atom stereocenters. The molecule has 0 unspecified atom stereocenters. The second-order valence-electron chi connectivity index (χ2n) is 8.02. The highest BCUT2D eigenvalue weighted by Crippen LogP contribution is 2.37. The fraction of sp³-hybridized carbons (Fsp3) is 0.259. The first-order valence-corrected chi connectivity index (χ1v) is 11.0. The Morgan fingerprint density at radius 2 is 1.15 bits per heavy atom. The number of benzene rings is 3. The molecule has 6 heteroatoms. The molecule has 0 aromatic heterocycles. The van der Waals surface area contributed by atoms with Crippen molar-refractivity contribution < 1.29 is 24.9 Å². The van der Waals surface area contributed by atoms with E-state index in [0.717, 1.165) is 16.7 Å². The molecule has 0 aliphatic carbocycles. The molecular formula is C27H29NO5. The molecule has 0 radical (unpaired) electrons. The number of carboxylic acid groups (broad SMARTS) is 2. The Morgan fingerprint density at radius 3 is 1.48 bits per heavy atom. The highest BCUT2D eigenvalue weighted by atomic mass is 16.4. The third kappa shape index (κ3) is 5.66. The van der Waals surface area contributed by atoms with Crippen molar-refractivity contribution >= 4 is 11.9 Å². The van der Waals surface area contributed by atoms with Crippen molar-refractivity contribution in [3.05, 3.63) is 108 Å². The molecule has 0 amide bonds. The quantitative estimate of drug-likeness (QED) is 0.314. The van der Waals surface area contributed by atoms with Crippen LogP contribution in [-0.4, -0.2) is 39.9 Å². The molecule has 172 valence electrons. The number of carboxylic acids is 2. The highest BCUT2D eigenvalue weighted by Gasteiger charge is 2.40. The summed E-state index contributed by atoms with van der Waals surface area (Å²) in [6.07, 6.45) is 0.385. The first kappa shape index (κ1) is 24.2. The van der Waals surface area contributed by atoms with E-state index in [4.69, 9.17) is 5.11 Å². The largest absolute Gasteiger partial charge is 0.481 e. The van der Waals surface area contributed by atoms with E-state index < -0.39 is 29.4 Å². The molecule has 0 saturated carbocycles. The molecule has 0 aliphatic heterocycles. The Morgan fingerprint density at radius 1 is 0.727 bits per heavy atom. The van der Waals surface area contributed by atoms with Crippen LogP contribution in [0, 0.1) is 5.92 Å². The van der Waals surface area contributed by atoms with Gasteiger partial charge in [0, 0.05) is 6.61 Å². The maximum absolute atomic E-state index is 12.4. The molecule has 0 bridgehead atoms. The lowest BCUT2D eigenvalue weighted by Gasteiger charge is -2.39. The Balaban J connectivity index is 2.16. The van der Waals surface area contributed by atoms with E-state index in [1.54, 1.807) is 0 Å². The van der Waals surface area contributed by atoms with E-state index in [0.29, 0.717) is 6.42 Å². The predicted octanol–water partition coefficient (Wildman–Crippen LogP) is 3.88. The zero-order valence-corrected chi connectivity index (χ0v) is 18.3. The molecule has 0 fully saturated rings. The van der Waals surface area contributed by atoms with Gasteiger partial charge in [0.15, 0.2) is 0 Å². The Hall–Kier alpha value is -3.48. The first-order chi connectivity index (χ1) is 16.0. The normalized spacial score (nSPS) is 13.2. The van der Waals surface area contributed by atoms with Gasteiger partial charge in [-0.15, -0.1) is 0 Å². The molecule has 33 heavy (non-hydrogen) atoms. The average Bonchev–Trinajstić information content (AvgIpc) is 2.85. The second kappa shape index (κ2) is 11.4. The van der Waals surface area contributed by atoms with E-state index in [-0.39, 0.29) is 19.4 Å². The van der Waals surface area contributed by atoms with Gasteiger partial charge in [-0.2, -0.15) is 0 Å². The van der Waals surface area contributed by atoms with Crippen LogP contribution in [-0.2, 0) is 15.1 Å². The van der Waals surface area contributed by atoms with Crippen molar-refractivity contribution in [1.29, 1.82) is 0 Å². The molecule has 3 aromatic carbocycles. The number of hydrogen-bond donors (Lipinski definition) is 4. The lowest BCUT2D eigenvalue weighted by Crippen LogP contribution is -2.53. The first-order valence-electron chi connectivity index (χ1n) is 11.0. The van der Waals surface area contributed by atoms with Gasteiger partial charge in [-0.25, -0.2) is 0 Å². The summed E-state index contributed by atoms with van der Waals surface area (Å²) >= 11 is 0. The van der Waals surface area contributed by atoms with Crippen molar-refractivity contribution in [2.75, 3.05) is 6.61 Å². The van der Waals surface area contributed by atoms with Crippen molar-refractivity contribution in [2.24, 2.45) is 5.92 Å². The molecule has 0 spiro atoms. The summed E-state index contributed by atoms with van der Waals surface area (Å²) in [5, 5.41) is 32.3. The minimum Gasteiger partial charge on any atom is -0.481 e. The van der Waals surface area contributed by atoms with Gasteiger partial charge in [0.05, 0.1) is 11.5 Å². The van der Waals surface area contributed by atoms with Gasteiger partial charge >= 0.3 is 11.9 Å². The SMILES string of the molecule is O=C(O)[C@@H](CCCO)C[C@@H](NC(c1ccccc1)(c1ccccc1)c1ccccc1)C(=O)O. The van der Waals surface area contributed by atoms with Gasteiger partial charge in [0.1, 0.15) is 6.04 Å². The molecule has 4 N–H and O–H groups in total. The molecule has 0 saturated heterocycles. The number of carbonyl (C=O) groups is 2. The fourth-order valence-corrected chi connectivity index (χ4v) is 4.26. The maximum atomic E-state index is 12.4.